The topological polar surface area (TPSA) is 21.3 Å². The highest BCUT2D eigenvalue weighted by atomic mass is 19.3. The van der Waals surface area contributed by atoms with Crippen molar-refractivity contribution >= 4 is 0 Å². The SMILES string of the molecule is FC(F)(CNC1CCOC1C1CC1)c1ccccc1. The van der Waals surface area contributed by atoms with Gasteiger partial charge in [-0.3, -0.25) is 0 Å². The summed E-state index contributed by atoms with van der Waals surface area (Å²) in [5.74, 6) is -2.23. The molecule has 19 heavy (non-hydrogen) atoms. The van der Waals surface area contributed by atoms with Crippen LogP contribution in [0.3, 0.4) is 0 Å². The normalized spacial score (nSPS) is 27.7. The number of alkyl halides is 2. The predicted molar refractivity (Wildman–Crippen MR) is 69.2 cm³/mol. The van der Waals surface area contributed by atoms with Crippen molar-refractivity contribution in [2.24, 2.45) is 5.92 Å². The fourth-order valence-corrected chi connectivity index (χ4v) is 2.76. The second kappa shape index (κ2) is 5.17. The number of benzene rings is 1. The summed E-state index contributed by atoms with van der Waals surface area (Å²) in [5, 5.41) is 3.02. The van der Waals surface area contributed by atoms with Crippen LogP contribution in [0.4, 0.5) is 8.78 Å². The Kier molecular flexibility index (Phi) is 3.54. The Morgan fingerprint density at radius 2 is 1.89 bits per heavy atom. The predicted octanol–water partition coefficient (Wildman–Crippen LogP) is 2.94. The van der Waals surface area contributed by atoms with E-state index < -0.39 is 5.92 Å². The van der Waals surface area contributed by atoms with Crippen molar-refractivity contribution in [3.8, 4) is 0 Å². The average Bonchev–Trinajstić information content (AvgIpc) is 3.16. The second-order valence-corrected chi connectivity index (χ2v) is 5.52. The molecule has 1 aliphatic heterocycles. The molecule has 2 fully saturated rings. The van der Waals surface area contributed by atoms with Gasteiger partial charge in [0.05, 0.1) is 12.6 Å². The third kappa shape index (κ3) is 2.95. The summed E-state index contributed by atoms with van der Waals surface area (Å²) < 4.78 is 33.8. The van der Waals surface area contributed by atoms with Crippen LogP contribution in [0.15, 0.2) is 30.3 Å². The smallest absolute Gasteiger partial charge is 0.285 e. The van der Waals surface area contributed by atoms with Crippen molar-refractivity contribution in [1.82, 2.24) is 5.32 Å². The monoisotopic (exact) mass is 267 g/mol. The summed E-state index contributed by atoms with van der Waals surface area (Å²) in [4.78, 5) is 0. The lowest BCUT2D eigenvalue weighted by molar-refractivity contribution is -0.00973. The van der Waals surface area contributed by atoms with Crippen LogP contribution in [0.5, 0.6) is 0 Å². The molecule has 0 spiro atoms. The summed E-state index contributed by atoms with van der Waals surface area (Å²) in [6, 6.07) is 8.09. The number of hydrogen-bond donors (Lipinski definition) is 1. The molecular weight excluding hydrogens is 248 g/mol. The molecule has 1 saturated heterocycles. The van der Waals surface area contributed by atoms with Gasteiger partial charge in [0.15, 0.2) is 0 Å². The van der Waals surface area contributed by atoms with E-state index in [1.165, 1.54) is 25.0 Å². The number of rotatable bonds is 5. The van der Waals surface area contributed by atoms with Crippen LogP contribution in [0.25, 0.3) is 0 Å². The van der Waals surface area contributed by atoms with Gasteiger partial charge in [-0.2, -0.15) is 8.78 Å². The Labute approximate surface area is 112 Å². The zero-order valence-electron chi connectivity index (χ0n) is 10.8. The molecule has 2 nitrogen and oxygen atoms in total. The third-order valence-electron chi connectivity index (χ3n) is 4.00. The van der Waals surface area contributed by atoms with E-state index in [2.05, 4.69) is 5.32 Å². The summed E-state index contributed by atoms with van der Waals surface area (Å²) >= 11 is 0. The van der Waals surface area contributed by atoms with Crippen LogP contribution in [-0.4, -0.2) is 25.3 Å². The first-order valence-corrected chi connectivity index (χ1v) is 6.95. The molecule has 1 saturated carbocycles. The quantitative estimate of drug-likeness (QED) is 0.885. The largest absolute Gasteiger partial charge is 0.376 e. The van der Waals surface area contributed by atoms with Crippen molar-refractivity contribution in [2.75, 3.05) is 13.2 Å². The maximum absolute atomic E-state index is 14.0. The zero-order chi connectivity index (χ0) is 13.3. The maximum Gasteiger partial charge on any atom is 0.285 e. The molecule has 104 valence electrons. The highest BCUT2D eigenvalue weighted by Gasteiger charge is 2.42. The summed E-state index contributed by atoms with van der Waals surface area (Å²) in [6.07, 6.45) is 3.34. The van der Waals surface area contributed by atoms with Gasteiger partial charge in [-0.25, -0.2) is 0 Å². The second-order valence-electron chi connectivity index (χ2n) is 5.52. The van der Waals surface area contributed by atoms with Crippen molar-refractivity contribution in [3.05, 3.63) is 35.9 Å². The molecule has 1 aliphatic carbocycles. The molecule has 1 aromatic rings. The molecule has 0 radical (unpaired) electrons. The van der Waals surface area contributed by atoms with Crippen LogP contribution in [-0.2, 0) is 10.7 Å². The first-order chi connectivity index (χ1) is 9.17. The van der Waals surface area contributed by atoms with Gasteiger partial charge < -0.3 is 10.1 Å². The Morgan fingerprint density at radius 3 is 2.58 bits per heavy atom. The van der Waals surface area contributed by atoms with E-state index in [1.807, 2.05) is 0 Å². The van der Waals surface area contributed by atoms with E-state index in [0.717, 1.165) is 6.42 Å². The van der Waals surface area contributed by atoms with Crippen molar-refractivity contribution in [1.29, 1.82) is 0 Å². The maximum atomic E-state index is 14.0. The van der Waals surface area contributed by atoms with Crippen LogP contribution in [0.1, 0.15) is 24.8 Å². The zero-order valence-corrected chi connectivity index (χ0v) is 10.8. The lowest BCUT2D eigenvalue weighted by Crippen LogP contribution is -2.42. The molecule has 1 heterocycles. The molecular formula is C15H19F2NO. The molecule has 0 amide bonds. The Bertz CT molecular complexity index is 419. The Hall–Kier alpha value is -1.00. The molecule has 0 aromatic heterocycles. The Morgan fingerprint density at radius 1 is 1.16 bits per heavy atom. The lowest BCUT2D eigenvalue weighted by atomic mass is 10.0. The van der Waals surface area contributed by atoms with Crippen LogP contribution in [0.2, 0.25) is 0 Å². The number of hydrogen-bond acceptors (Lipinski definition) is 2. The first kappa shape index (κ1) is 13.0. The fourth-order valence-electron chi connectivity index (χ4n) is 2.76. The van der Waals surface area contributed by atoms with Gasteiger partial charge in [-0.15, -0.1) is 0 Å². The molecule has 3 rings (SSSR count). The lowest BCUT2D eigenvalue weighted by Gasteiger charge is -2.23. The molecule has 0 bridgehead atoms. The summed E-state index contributed by atoms with van der Waals surface area (Å²) in [6.45, 7) is 0.379. The van der Waals surface area contributed by atoms with Crippen molar-refractivity contribution in [3.63, 3.8) is 0 Å². The van der Waals surface area contributed by atoms with E-state index in [0.29, 0.717) is 12.5 Å². The average molecular weight is 267 g/mol. The fraction of sp³-hybridized carbons (Fsp3) is 0.600. The molecule has 2 unspecified atom stereocenters. The van der Waals surface area contributed by atoms with Crippen LogP contribution < -0.4 is 5.32 Å². The van der Waals surface area contributed by atoms with Crippen molar-refractivity contribution < 1.29 is 13.5 Å². The van der Waals surface area contributed by atoms with Crippen molar-refractivity contribution in [2.45, 2.75) is 37.3 Å². The molecule has 2 aliphatic rings. The standard InChI is InChI=1S/C15H19F2NO/c16-15(17,12-4-2-1-3-5-12)10-18-13-8-9-19-14(13)11-6-7-11/h1-5,11,13-14,18H,6-10H2. The van der Waals surface area contributed by atoms with Crippen LogP contribution in [0, 0.1) is 5.92 Å². The molecule has 2 atom stereocenters. The van der Waals surface area contributed by atoms with E-state index in [9.17, 15) is 8.78 Å². The van der Waals surface area contributed by atoms with Gasteiger partial charge in [-0.05, 0) is 25.2 Å². The Balaban J connectivity index is 1.59. The van der Waals surface area contributed by atoms with E-state index in [4.69, 9.17) is 4.74 Å². The highest BCUT2D eigenvalue weighted by Crippen LogP contribution is 2.39. The van der Waals surface area contributed by atoms with Gasteiger partial charge in [0.2, 0.25) is 0 Å². The van der Waals surface area contributed by atoms with Gasteiger partial charge in [0, 0.05) is 18.2 Å². The van der Waals surface area contributed by atoms with Gasteiger partial charge in [-0.1, -0.05) is 30.3 Å². The van der Waals surface area contributed by atoms with E-state index in [-0.39, 0.29) is 24.3 Å². The number of nitrogens with one attached hydrogen (secondary N) is 1. The third-order valence-corrected chi connectivity index (χ3v) is 4.00. The van der Waals surface area contributed by atoms with Gasteiger partial charge in [0.1, 0.15) is 0 Å². The van der Waals surface area contributed by atoms with Gasteiger partial charge in [0.25, 0.3) is 5.92 Å². The number of ether oxygens (including phenoxy) is 1. The molecule has 1 aromatic carbocycles. The summed E-state index contributed by atoms with van der Waals surface area (Å²) in [7, 11) is 0. The number of halogens is 2. The minimum atomic E-state index is -2.82. The summed E-state index contributed by atoms with van der Waals surface area (Å²) in [5.41, 5.74) is 0.0735. The van der Waals surface area contributed by atoms with Gasteiger partial charge >= 0.3 is 0 Å². The van der Waals surface area contributed by atoms with E-state index >= 15 is 0 Å². The first-order valence-electron chi connectivity index (χ1n) is 6.95. The minimum Gasteiger partial charge on any atom is -0.376 e. The van der Waals surface area contributed by atoms with Crippen LogP contribution >= 0.6 is 0 Å². The minimum absolute atomic E-state index is 0.0735. The van der Waals surface area contributed by atoms with E-state index in [1.54, 1.807) is 18.2 Å². The highest BCUT2D eigenvalue weighted by molar-refractivity contribution is 5.20. The molecule has 4 heteroatoms. The molecule has 1 N–H and O–H groups in total.